The van der Waals surface area contributed by atoms with Crippen LogP contribution in [0.25, 0.3) is 0 Å². The van der Waals surface area contributed by atoms with E-state index in [1.54, 1.807) is 0 Å². The van der Waals surface area contributed by atoms with E-state index in [9.17, 15) is 13.2 Å². The van der Waals surface area contributed by atoms with Crippen molar-refractivity contribution in [3.05, 3.63) is 46.5 Å². The summed E-state index contributed by atoms with van der Waals surface area (Å²) >= 11 is 1.00. The monoisotopic (exact) mass is 353 g/mol. The van der Waals surface area contributed by atoms with Crippen LogP contribution >= 0.6 is 11.3 Å². The highest BCUT2D eigenvalue weighted by molar-refractivity contribution is 7.91. The van der Waals surface area contributed by atoms with Gasteiger partial charge in [-0.05, 0) is 5.56 Å². The first-order chi connectivity index (χ1) is 10.9. The molecule has 3 rings (SSSR count). The van der Waals surface area contributed by atoms with Crippen molar-refractivity contribution in [1.82, 2.24) is 9.88 Å². The van der Waals surface area contributed by atoms with E-state index in [2.05, 4.69) is 4.98 Å². The van der Waals surface area contributed by atoms with E-state index < -0.39 is 16.1 Å². The first-order valence-corrected chi connectivity index (χ1v) is 9.27. The van der Waals surface area contributed by atoms with Gasteiger partial charge in [0, 0.05) is 17.8 Å². The number of amides is 1. The number of nitrogens with zero attached hydrogens (tertiary/aromatic N) is 2. The molecule has 1 aromatic carbocycles. The van der Waals surface area contributed by atoms with Gasteiger partial charge in [0.25, 0.3) is 10.0 Å². The Morgan fingerprint density at radius 2 is 2.09 bits per heavy atom. The van der Waals surface area contributed by atoms with Crippen LogP contribution in [0.15, 0.2) is 34.7 Å². The summed E-state index contributed by atoms with van der Waals surface area (Å²) in [6.07, 6.45) is 0.0620. The van der Waals surface area contributed by atoms with Crippen LogP contribution in [0.3, 0.4) is 0 Å². The smallest absolute Gasteiger partial charge is 0.410 e. The SMILES string of the molecule is NS(=O)(=O)c1nc2c(s1)CN(C(=O)OCc1ccccc1)CC2. The van der Waals surface area contributed by atoms with Gasteiger partial charge in [0.2, 0.25) is 4.34 Å². The molecule has 2 heterocycles. The number of hydrogen-bond donors (Lipinski definition) is 1. The van der Waals surface area contributed by atoms with Crippen LogP contribution in [0, 0.1) is 0 Å². The maximum Gasteiger partial charge on any atom is 0.410 e. The fourth-order valence-corrected chi connectivity index (χ4v) is 4.12. The number of fused-ring (bicyclic) bond motifs is 1. The number of thiazole rings is 1. The molecule has 0 aliphatic carbocycles. The van der Waals surface area contributed by atoms with Crippen LogP contribution in [0.5, 0.6) is 0 Å². The molecule has 122 valence electrons. The van der Waals surface area contributed by atoms with Gasteiger partial charge in [-0.2, -0.15) is 0 Å². The average Bonchev–Trinajstić information content (AvgIpc) is 2.97. The number of carbonyl (C=O) groups is 1. The predicted octanol–water partition coefficient (Wildman–Crippen LogP) is 1.49. The second-order valence-corrected chi connectivity index (χ2v) is 7.93. The van der Waals surface area contributed by atoms with Gasteiger partial charge < -0.3 is 9.64 Å². The average molecular weight is 353 g/mol. The number of rotatable bonds is 3. The molecule has 0 atom stereocenters. The first-order valence-electron chi connectivity index (χ1n) is 6.90. The third kappa shape index (κ3) is 3.69. The molecule has 1 aromatic heterocycles. The summed E-state index contributed by atoms with van der Waals surface area (Å²) in [5.41, 5.74) is 1.60. The molecular weight excluding hydrogens is 338 g/mol. The van der Waals surface area contributed by atoms with E-state index in [1.807, 2.05) is 30.3 Å². The zero-order chi connectivity index (χ0) is 16.4. The number of sulfonamides is 1. The van der Waals surface area contributed by atoms with Crippen molar-refractivity contribution < 1.29 is 17.9 Å². The molecule has 1 aliphatic rings. The van der Waals surface area contributed by atoms with Crippen molar-refractivity contribution in [2.75, 3.05) is 6.54 Å². The fraction of sp³-hybridized carbons (Fsp3) is 0.286. The number of benzene rings is 1. The molecule has 1 amide bonds. The lowest BCUT2D eigenvalue weighted by Gasteiger charge is -2.25. The molecule has 2 N–H and O–H groups in total. The van der Waals surface area contributed by atoms with Gasteiger partial charge in [0.15, 0.2) is 0 Å². The Kier molecular flexibility index (Phi) is 4.33. The lowest BCUT2D eigenvalue weighted by Crippen LogP contribution is -2.35. The molecule has 23 heavy (non-hydrogen) atoms. The Morgan fingerprint density at radius 3 is 2.78 bits per heavy atom. The van der Waals surface area contributed by atoms with Gasteiger partial charge >= 0.3 is 6.09 Å². The highest BCUT2D eigenvalue weighted by Crippen LogP contribution is 2.27. The van der Waals surface area contributed by atoms with Crippen molar-refractivity contribution in [3.63, 3.8) is 0 Å². The Morgan fingerprint density at radius 1 is 1.35 bits per heavy atom. The molecule has 0 unspecified atom stereocenters. The third-order valence-electron chi connectivity index (χ3n) is 3.42. The summed E-state index contributed by atoms with van der Waals surface area (Å²) in [4.78, 5) is 18.4. The second kappa shape index (κ2) is 6.26. The highest BCUT2D eigenvalue weighted by atomic mass is 32.2. The first kappa shape index (κ1) is 15.9. The molecule has 0 saturated heterocycles. The van der Waals surface area contributed by atoms with Crippen molar-refractivity contribution >= 4 is 27.5 Å². The van der Waals surface area contributed by atoms with E-state index in [1.165, 1.54) is 4.90 Å². The Hall–Kier alpha value is -1.97. The Bertz CT molecular complexity index is 818. The molecular formula is C14H15N3O4S2. The maximum atomic E-state index is 12.1. The van der Waals surface area contributed by atoms with E-state index in [4.69, 9.17) is 9.88 Å². The van der Waals surface area contributed by atoms with Crippen LogP contribution < -0.4 is 5.14 Å². The summed E-state index contributed by atoms with van der Waals surface area (Å²) in [5.74, 6) is 0. The van der Waals surface area contributed by atoms with Crippen molar-refractivity contribution in [1.29, 1.82) is 0 Å². The molecule has 9 heteroatoms. The van der Waals surface area contributed by atoms with E-state index in [-0.39, 0.29) is 17.5 Å². The normalized spacial score (nSPS) is 14.4. The van der Waals surface area contributed by atoms with Gasteiger partial charge in [-0.1, -0.05) is 30.3 Å². The quantitative estimate of drug-likeness (QED) is 0.900. The largest absolute Gasteiger partial charge is 0.445 e. The topological polar surface area (TPSA) is 103 Å². The summed E-state index contributed by atoms with van der Waals surface area (Å²) < 4.78 is 27.9. The molecule has 0 fully saturated rings. The van der Waals surface area contributed by atoms with Crippen molar-refractivity contribution in [2.45, 2.75) is 23.9 Å². The second-order valence-electron chi connectivity index (χ2n) is 5.11. The van der Waals surface area contributed by atoms with Gasteiger partial charge in [-0.25, -0.2) is 23.3 Å². The van der Waals surface area contributed by atoms with Gasteiger partial charge in [-0.15, -0.1) is 11.3 Å². The predicted molar refractivity (Wildman–Crippen MR) is 84.2 cm³/mol. The third-order valence-corrected chi connectivity index (χ3v) is 5.82. The number of ether oxygens (including phenoxy) is 1. The van der Waals surface area contributed by atoms with Crippen molar-refractivity contribution in [2.24, 2.45) is 5.14 Å². The molecule has 0 bridgehead atoms. The minimum Gasteiger partial charge on any atom is -0.445 e. The van der Waals surface area contributed by atoms with Gasteiger partial charge in [0.05, 0.1) is 12.2 Å². The van der Waals surface area contributed by atoms with E-state index >= 15 is 0 Å². The zero-order valence-electron chi connectivity index (χ0n) is 12.1. The molecule has 0 radical (unpaired) electrons. The maximum absolute atomic E-state index is 12.1. The summed E-state index contributed by atoms with van der Waals surface area (Å²) in [6.45, 7) is 0.929. The molecule has 0 saturated carbocycles. The van der Waals surface area contributed by atoms with Crippen LogP contribution in [0.1, 0.15) is 16.1 Å². The highest BCUT2D eigenvalue weighted by Gasteiger charge is 2.27. The zero-order valence-corrected chi connectivity index (χ0v) is 13.8. The van der Waals surface area contributed by atoms with Crippen LogP contribution in [-0.2, 0) is 34.3 Å². The summed E-state index contributed by atoms with van der Waals surface area (Å²) in [7, 11) is -3.81. The van der Waals surface area contributed by atoms with Gasteiger partial charge in [0.1, 0.15) is 6.61 Å². The van der Waals surface area contributed by atoms with Crippen molar-refractivity contribution in [3.8, 4) is 0 Å². The molecule has 1 aliphatic heterocycles. The standard InChI is InChI=1S/C14H15N3O4S2/c15-23(19,20)13-16-11-6-7-17(8-12(11)22-13)14(18)21-9-10-4-2-1-3-5-10/h1-5H,6-9H2,(H2,15,19,20). The number of carbonyl (C=O) groups excluding carboxylic acids is 1. The molecule has 0 spiro atoms. The van der Waals surface area contributed by atoms with Crippen LogP contribution in [-0.4, -0.2) is 30.9 Å². The van der Waals surface area contributed by atoms with Crippen LogP contribution in [0.2, 0.25) is 0 Å². The Balaban J connectivity index is 1.65. The summed E-state index contributed by atoms with van der Waals surface area (Å²) in [5, 5.41) is 5.09. The van der Waals surface area contributed by atoms with Gasteiger partial charge in [-0.3, -0.25) is 0 Å². The minimum absolute atomic E-state index is 0.109. The lowest BCUT2D eigenvalue weighted by molar-refractivity contribution is 0.0921. The minimum atomic E-state index is -3.81. The number of hydrogen-bond acceptors (Lipinski definition) is 6. The number of aromatic nitrogens is 1. The summed E-state index contributed by atoms with van der Waals surface area (Å²) in [6, 6.07) is 9.40. The van der Waals surface area contributed by atoms with E-state index in [0.29, 0.717) is 18.7 Å². The van der Waals surface area contributed by atoms with E-state index in [0.717, 1.165) is 21.8 Å². The molecule has 7 nitrogen and oxygen atoms in total. The Labute approximate surface area is 137 Å². The molecule has 2 aromatic rings. The lowest BCUT2D eigenvalue weighted by atomic mass is 10.2. The number of nitrogens with two attached hydrogens (primary N) is 1. The van der Waals surface area contributed by atoms with Crippen LogP contribution in [0.4, 0.5) is 4.79 Å². The fourth-order valence-electron chi connectivity index (χ4n) is 2.26. The number of primary sulfonamides is 1.